The highest BCUT2D eigenvalue weighted by atomic mass is 32.2. The Morgan fingerprint density at radius 2 is 1.32 bits per heavy atom. The molecule has 0 aliphatic rings. The van der Waals surface area contributed by atoms with Crippen LogP contribution < -0.4 is 4.74 Å². The van der Waals surface area contributed by atoms with Gasteiger partial charge in [-0.25, -0.2) is 4.21 Å². The lowest BCUT2D eigenvalue weighted by Crippen LogP contribution is -2.37. The van der Waals surface area contributed by atoms with Crippen molar-refractivity contribution in [3.8, 4) is 5.75 Å². The third kappa shape index (κ3) is 10.2. The Morgan fingerprint density at radius 1 is 0.784 bits per heavy atom. The summed E-state index contributed by atoms with van der Waals surface area (Å²) in [6.45, 7) is 7.10. The molecule has 0 aromatic heterocycles. The van der Waals surface area contributed by atoms with Gasteiger partial charge in [0.2, 0.25) is 0 Å². The summed E-state index contributed by atoms with van der Waals surface area (Å²) in [5.74, 6) is 0.797. The van der Waals surface area contributed by atoms with Gasteiger partial charge in [0.05, 0.1) is 38.3 Å². The second kappa shape index (κ2) is 14.8. The number of ether oxygens (including phenoxy) is 4. The van der Waals surface area contributed by atoms with E-state index in [1.807, 2.05) is 106 Å². The third-order valence-corrected chi connectivity index (χ3v) is 6.86. The molecule has 0 saturated carbocycles. The van der Waals surface area contributed by atoms with E-state index >= 15 is 0 Å². The van der Waals surface area contributed by atoms with Crippen LogP contribution >= 0.6 is 0 Å². The summed E-state index contributed by atoms with van der Waals surface area (Å²) in [4.78, 5) is 0. The first kappa shape index (κ1) is 28.7. The van der Waals surface area contributed by atoms with Crippen molar-refractivity contribution >= 4 is 17.2 Å². The Hall–Kier alpha value is -2.84. The maximum Gasteiger partial charge on any atom is 0.144 e. The van der Waals surface area contributed by atoms with Crippen LogP contribution in [-0.2, 0) is 45.0 Å². The van der Waals surface area contributed by atoms with Gasteiger partial charge >= 0.3 is 0 Å². The van der Waals surface area contributed by atoms with Crippen molar-refractivity contribution < 1.29 is 23.2 Å². The van der Waals surface area contributed by atoms with Gasteiger partial charge in [-0.15, -0.1) is 0 Å². The first-order valence-corrected chi connectivity index (χ1v) is 13.4. The molecule has 0 spiro atoms. The Morgan fingerprint density at radius 3 is 1.86 bits per heavy atom. The van der Waals surface area contributed by atoms with Gasteiger partial charge in [-0.3, -0.25) is 0 Å². The largest absolute Gasteiger partial charge is 0.497 e. The second-order valence-electron chi connectivity index (χ2n) is 9.58. The lowest BCUT2D eigenvalue weighted by Gasteiger charge is -2.25. The lowest BCUT2D eigenvalue weighted by molar-refractivity contribution is -0.0916. The summed E-state index contributed by atoms with van der Waals surface area (Å²) < 4.78 is 40.4. The van der Waals surface area contributed by atoms with E-state index in [0.29, 0.717) is 19.8 Å². The number of benzene rings is 3. The molecule has 3 rings (SSSR count). The molecule has 3 aromatic carbocycles. The van der Waals surface area contributed by atoms with Crippen molar-refractivity contribution in [2.75, 3.05) is 13.7 Å². The van der Waals surface area contributed by atoms with Gasteiger partial charge in [0, 0.05) is 6.21 Å². The van der Waals surface area contributed by atoms with Gasteiger partial charge in [0.15, 0.2) is 0 Å². The van der Waals surface area contributed by atoms with Crippen molar-refractivity contribution in [2.45, 2.75) is 57.5 Å². The molecular formula is C30H37NO5S. The van der Waals surface area contributed by atoms with Crippen LogP contribution in [0.4, 0.5) is 0 Å². The zero-order valence-corrected chi connectivity index (χ0v) is 22.9. The highest BCUT2D eigenvalue weighted by Gasteiger charge is 2.25. The summed E-state index contributed by atoms with van der Waals surface area (Å²) in [7, 11) is 0.223. The molecule has 0 heterocycles. The molecule has 0 saturated heterocycles. The SMILES string of the molecule is COc1ccc(COC[C@@H](OCc2ccccc2)[C@@H](/C=N/[S@@](=O)C(C)(C)C)OCc2ccccc2)cc1. The van der Waals surface area contributed by atoms with E-state index in [2.05, 4.69) is 4.40 Å². The van der Waals surface area contributed by atoms with Crippen LogP contribution in [0.1, 0.15) is 37.5 Å². The Labute approximate surface area is 223 Å². The molecule has 198 valence electrons. The quantitative estimate of drug-likeness (QED) is 0.246. The molecule has 0 fully saturated rings. The maximum atomic E-state index is 12.7. The van der Waals surface area contributed by atoms with Crippen LogP contribution in [0.15, 0.2) is 89.3 Å². The summed E-state index contributed by atoms with van der Waals surface area (Å²) in [6.07, 6.45) is 0.574. The number of nitrogens with zero attached hydrogens (tertiary/aromatic N) is 1. The average Bonchev–Trinajstić information content (AvgIpc) is 2.91. The molecular weight excluding hydrogens is 486 g/mol. The maximum absolute atomic E-state index is 12.7. The fourth-order valence-corrected chi connectivity index (χ4v) is 3.86. The topological polar surface area (TPSA) is 66.3 Å². The Kier molecular flexibility index (Phi) is 11.5. The molecule has 37 heavy (non-hydrogen) atoms. The molecule has 0 aliphatic heterocycles. The van der Waals surface area contributed by atoms with Gasteiger partial charge in [-0.1, -0.05) is 72.8 Å². The Balaban J connectivity index is 1.76. The number of methoxy groups -OCH3 is 1. The summed E-state index contributed by atoms with van der Waals surface area (Å²) >= 11 is 0. The average molecular weight is 524 g/mol. The van der Waals surface area contributed by atoms with E-state index in [1.54, 1.807) is 13.3 Å². The molecule has 0 bridgehead atoms. The van der Waals surface area contributed by atoms with Gasteiger partial charge in [0.1, 0.15) is 28.9 Å². The minimum absolute atomic E-state index is 0.270. The van der Waals surface area contributed by atoms with E-state index in [-0.39, 0.29) is 6.61 Å². The van der Waals surface area contributed by atoms with Crippen LogP contribution in [-0.4, -0.2) is 41.1 Å². The standard InChI is InChI=1S/C30H37NO5S/c1-30(2,3)37(32)31-19-28(35-21-24-11-7-5-8-12-24)29(36-22-25-13-9-6-10-14-25)23-34-20-26-15-17-27(33-4)18-16-26/h5-19,28-29H,20-23H2,1-4H3/b31-19+/t28-,29-,37+/m1/s1. The zero-order valence-electron chi connectivity index (χ0n) is 22.0. The van der Waals surface area contributed by atoms with Gasteiger partial charge in [-0.05, 0) is 49.6 Å². The highest BCUT2D eigenvalue weighted by molar-refractivity contribution is 7.85. The van der Waals surface area contributed by atoms with Crippen molar-refractivity contribution in [3.05, 3.63) is 102 Å². The molecule has 0 aliphatic carbocycles. The molecule has 3 aromatic rings. The minimum atomic E-state index is -1.42. The van der Waals surface area contributed by atoms with E-state index in [9.17, 15) is 4.21 Å². The fourth-order valence-electron chi connectivity index (χ4n) is 3.32. The summed E-state index contributed by atoms with van der Waals surface area (Å²) in [5, 5.41) is 0. The molecule has 0 unspecified atom stereocenters. The second-order valence-corrected chi connectivity index (χ2v) is 11.5. The smallest absolute Gasteiger partial charge is 0.144 e. The number of hydrogen-bond acceptors (Lipinski definition) is 5. The van der Waals surface area contributed by atoms with Crippen molar-refractivity contribution in [3.63, 3.8) is 0 Å². The van der Waals surface area contributed by atoms with Gasteiger partial charge in [0.25, 0.3) is 0 Å². The van der Waals surface area contributed by atoms with Gasteiger partial charge < -0.3 is 18.9 Å². The first-order chi connectivity index (χ1) is 17.8. The molecule has 0 radical (unpaired) electrons. The van der Waals surface area contributed by atoms with Crippen LogP contribution in [0.5, 0.6) is 5.75 Å². The van der Waals surface area contributed by atoms with E-state index in [1.165, 1.54) is 0 Å². The van der Waals surface area contributed by atoms with Crippen LogP contribution in [0, 0.1) is 0 Å². The third-order valence-electron chi connectivity index (χ3n) is 5.50. The van der Waals surface area contributed by atoms with Crippen LogP contribution in [0.25, 0.3) is 0 Å². The van der Waals surface area contributed by atoms with Crippen LogP contribution in [0.2, 0.25) is 0 Å². The normalized spacial score (nSPS) is 14.4. The van der Waals surface area contributed by atoms with Crippen molar-refractivity contribution in [2.24, 2.45) is 4.40 Å². The molecule has 6 nitrogen and oxygen atoms in total. The number of rotatable bonds is 14. The van der Waals surface area contributed by atoms with Crippen LogP contribution in [0.3, 0.4) is 0 Å². The first-order valence-electron chi connectivity index (χ1n) is 12.3. The predicted molar refractivity (Wildman–Crippen MR) is 149 cm³/mol. The lowest BCUT2D eigenvalue weighted by atomic mass is 10.2. The minimum Gasteiger partial charge on any atom is -0.497 e. The summed E-state index contributed by atoms with van der Waals surface area (Å²) in [5.41, 5.74) is 3.09. The van der Waals surface area contributed by atoms with E-state index in [4.69, 9.17) is 18.9 Å². The molecule has 3 atom stereocenters. The fraction of sp³-hybridized carbons (Fsp3) is 0.367. The monoisotopic (exact) mass is 523 g/mol. The van der Waals surface area contributed by atoms with E-state index < -0.39 is 27.9 Å². The van der Waals surface area contributed by atoms with Crippen molar-refractivity contribution in [1.82, 2.24) is 0 Å². The molecule has 7 heteroatoms. The van der Waals surface area contributed by atoms with E-state index in [0.717, 1.165) is 22.4 Å². The number of hydrogen-bond donors (Lipinski definition) is 0. The van der Waals surface area contributed by atoms with Gasteiger partial charge in [-0.2, -0.15) is 4.40 Å². The summed E-state index contributed by atoms with van der Waals surface area (Å²) in [6, 6.07) is 27.6. The van der Waals surface area contributed by atoms with Crippen molar-refractivity contribution in [1.29, 1.82) is 0 Å². The molecule has 0 amide bonds. The highest BCUT2D eigenvalue weighted by Crippen LogP contribution is 2.17. The Bertz CT molecular complexity index is 1100. The zero-order chi connectivity index (χ0) is 26.5. The predicted octanol–water partition coefficient (Wildman–Crippen LogP) is 5.92. The molecule has 0 N–H and O–H groups in total.